The van der Waals surface area contributed by atoms with Crippen LogP contribution in [0.1, 0.15) is 37.2 Å². The Kier molecular flexibility index (Phi) is 3.37. The number of ether oxygens (including phenoxy) is 1. The molecular weight excluding hydrogens is 191 g/mol. The molecule has 1 saturated carbocycles. The first-order valence-corrected chi connectivity index (χ1v) is 5.58. The van der Waals surface area contributed by atoms with Gasteiger partial charge in [-0.05, 0) is 49.3 Å². The minimum Gasteiger partial charge on any atom is -0.381 e. The lowest BCUT2D eigenvalue weighted by atomic mass is 9.83. The van der Waals surface area contributed by atoms with Crippen LogP contribution in [0.3, 0.4) is 0 Å². The SMILES string of the molecule is COC1CCC(c2cccc(F)c2)CC1. The highest BCUT2D eigenvalue weighted by atomic mass is 19.1. The quantitative estimate of drug-likeness (QED) is 0.722. The van der Waals surface area contributed by atoms with Gasteiger partial charge in [-0.3, -0.25) is 0 Å². The summed E-state index contributed by atoms with van der Waals surface area (Å²) in [5.41, 5.74) is 1.14. The van der Waals surface area contributed by atoms with Crippen LogP contribution in [0.25, 0.3) is 0 Å². The third kappa shape index (κ3) is 2.57. The Hall–Kier alpha value is -0.890. The van der Waals surface area contributed by atoms with Gasteiger partial charge in [0.1, 0.15) is 5.82 Å². The van der Waals surface area contributed by atoms with Crippen molar-refractivity contribution in [1.82, 2.24) is 0 Å². The van der Waals surface area contributed by atoms with Crippen LogP contribution in [0.2, 0.25) is 0 Å². The van der Waals surface area contributed by atoms with Crippen molar-refractivity contribution in [3.05, 3.63) is 35.6 Å². The van der Waals surface area contributed by atoms with E-state index in [0.717, 1.165) is 31.2 Å². The van der Waals surface area contributed by atoms with Gasteiger partial charge in [0, 0.05) is 7.11 Å². The molecule has 0 aliphatic heterocycles. The van der Waals surface area contributed by atoms with E-state index < -0.39 is 0 Å². The molecule has 0 spiro atoms. The third-order valence-corrected chi connectivity index (χ3v) is 3.33. The summed E-state index contributed by atoms with van der Waals surface area (Å²) in [5.74, 6) is 0.397. The molecule has 0 amide bonds. The molecule has 0 heterocycles. The molecule has 0 unspecified atom stereocenters. The van der Waals surface area contributed by atoms with Gasteiger partial charge < -0.3 is 4.74 Å². The van der Waals surface area contributed by atoms with Crippen molar-refractivity contribution in [1.29, 1.82) is 0 Å². The van der Waals surface area contributed by atoms with Gasteiger partial charge in [0.15, 0.2) is 0 Å². The van der Waals surface area contributed by atoms with E-state index in [1.807, 2.05) is 6.07 Å². The molecule has 82 valence electrons. The molecule has 1 aromatic carbocycles. The highest BCUT2D eigenvalue weighted by Crippen LogP contribution is 2.33. The number of hydrogen-bond donors (Lipinski definition) is 0. The van der Waals surface area contributed by atoms with Gasteiger partial charge in [-0.15, -0.1) is 0 Å². The van der Waals surface area contributed by atoms with Crippen LogP contribution in [0.15, 0.2) is 24.3 Å². The maximum atomic E-state index is 13.0. The summed E-state index contributed by atoms with van der Waals surface area (Å²) < 4.78 is 18.4. The van der Waals surface area contributed by atoms with Crippen LogP contribution in [-0.4, -0.2) is 13.2 Å². The van der Waals surface area contributed by atoms with Gasteiger partial charge >= 0.3 is 0 Å². The van der Waals surface area contributed by atoms with E-state index in [0.29, 0.717) is 12.0 Å². The minimum absolute atomic E-state index is 0.124. The zero-order valence-corrected chi connectivity index (χ0v) is 9.08. The molecule has 0 N–H and O–H groups in total. The molecule has 0 bridgehead atoms. The zero-order chi connectivity index (χ0) is 10.7. The fraction of sp³-hybridized carbons (Fsp3) is 0.538. The molecule has 1 aliphatic carbocycles. The largest absolute Gasteiger partial charge is 0.381 e. The Bertz CT molecular complexity index is 316. The summed E-state index contributed by atoms with van der Waals surface area (Å²) in [4.78, 5) is 0. The Morgan fingerprint density at radius 1 is 1.20 bits per heavy atom. The molecule has 0 saturated heterocycles. The fourth-order valence-corrected chi connectivity index (χ4v) is 2.39. The Morgan fingerprint density at radius 3 is 2.53 bits per heavy atom. The summed E-state index contributed by atoms with van der Waals surface area (Å²) in [6, 6.07) is 7.00. The predicted molar refractivity (Wildman–Crippen MR) is 58.4 cm³/mol. The first-order chi connectivity index (χ1) is 7.29. The van der Waals surface area contributed by atoms with Crippen LogP contribution in [-0.2, 0) is 4.74 Å². The Labute approximate surface area is 90.3 Å². The summed E-state index contributed by atoms with van der Waals surface area (Å²) in [6.07, 6.45) is 4.83. The molecule has 0 atom stereocenters. The van der Waals surface area contributed by atoms with Crippen molar-refractivity contribution < 1.29 is 9.13 Å². The van der Waals surface area contributed by atoms with E-state index in [2.05, 4.69) is 0 Å². The number of halogens is 1. The van der Waals surface area contributed by atoms with Gasteiger partial charge in [-0.25, -0.2) is 4.39 Å². The monoisotopic (exact) mass is 208 g/mol. The summed E-state index contributed by atoms with van der Waals surface area (Å²) in [7, 11) is 1.77. The molecule has 1 aliphatic rings. The second-order valence-corrected chi connectivity index (χ2v) is 4.26. The standard InChI is InChI=1S/C13H17FO/c1-15-13-7-5-10(6-8-13)11-3-2-4-12(14)9-11/h2-4,9-10,13H,5-8H2,1H3. The summed E-state index contributed by atoms with van der Waals surface area (Å²) in [5, 5.41) is 0. The maximum absolute atomic E-state index is 13.0. The number of methoxy groups -OCH3 is 1. The third-order valence-electron chi connectivity index (χ3n) is 3.33. The smallest absolute Gasteiger partial charge is 0.123 e. The fourth-order valence-electron chi connectivity index (χ4n) is 2.39. The van der Waals surface area contributed by atoms with Crippen LogP contribution < -0.4 is 0 Å². The van der Waals surface area contributed by atoms with E-state index in [4.69, 9.17) is 4.74 Å². The zero-order valence-electron chi connectivity index (χ0n) is 9.08. The van der Waals surface area contributed by atoms with Crippen LogP contribution >= 0.6 is 0 Å². The Balaban J connectivity index is 2.01. The molecular formula is C13H17FO. The summed E-state index contributed by atoms with van der Waals surface area (Å²) >= 11 is 0. The molecule has 2 heteroatoms. The van der Waals surface area contributed by atoms with Gasteiger partial charge in [0.05, 0.1) is 6.10 Å². The minimum atomic E-state index is -0.124. The van der Waals surface area contributed by atoms with Crippen LogP contribution in [0, 0.1) is 5.82 Å². The first kappa shape index (κ1) is 10.6. The van der Waals surface area contributed by atoms with Crippen molar-refractivity contribution in [3.8, 4) is 0 Å². The second-order valence-electron chi connectivity index (χ2n) is 4.26. The van der Waals surface area contributed by atoms with Gasteiger partial charge in [0.25, 0.3) is 0 Å². The predicted octanol–water partition coefficient (Wildman–Crippen LogP) is 3.50. The van der Waals surface area contributed by atoms with E-state index in [1.165, 1.54) is 6.07 Å². The van der Waals surface area contributed by atoms with Crippen molar-refractivity contribution in [2.24, 2.45) is 0 Å². The van der Waals surface area contributed by atoms with Crippen molar-refractivity contribution in [2.75, 3.05) is 7.11 Å². The van der Waals surface area contributed by atoms with E-state index in [1.54, 1.807) is 19.2 Å². The molecule has 2 rings (SSSR count). The van der Waals surface area contributed by atoms with Crippen molar-refractivity contribution >= 4 is 0 Å². The normalized spacial score (nSPS) is 26.5. The lowest BCUT2D eigenvalue weighted by Crippen LogP contribution is -2.19. The van der Waals surface area contributed by atoms with E-state index in [9.17, 15) is 4.39 Å². The lowest BCUT2D eigenvalue weighted by Gasteiger charge is -2.27. The van der Waals surface area contributed by atoms with Gasteiger partial charge in [-0.2, -0.15) is 0 Å². The highest BCUT2D eigenvalue weighted by Gasteiger charge is 2.21. The van der Waals surface area contributed by atoms with Crippen molar-refractivity contribution in [2.45, 2.75) is 37.7 Å². The number of benzene rings is 1. The molecule has 0 aromatic heterocycles. The maximum Gasteiger partial charge on any atom is 0.123 e. The second kappa shape index (κ2) is 4.75. The first-order valence-electron chi connectivity index (χ1n) is 5.58. The van der Waals surface area contributed by atoms with E-state index >= 15 is 0 Å². The average Bonchev–Trinajstić information content (AvgIpc) is 2.29. The van der Waals surface area contributed by atoms with Gasteiger partial charge in [-0.1, -0.05) is 12.1 Å². The van der Waals surface area contributed by atoms with Crippen LogP contribution in [0.4, 0.5) is 4.39 Å². The highest BCUT2D eigenvalue weighted by molar-refractivity contribution is 5.21. The lowest BCUT2D eigenvalue weighted by molar-refractivity contribution is 0.0658. The van der Waals surface area contributed by atoms with Crippen LogP contribution in [0.5, 0.6) is 0 Å². The molecule has 15 heavy (non-hydrogen) atoms. The van der Waals surface area contributed by atoms with Gasteiger partial charge in [0.2, 0.25) is 0 Å². The number of hydrogen-bond acceptors (Lipinski definition) is 1. The molecule has 0 radical (unpaired) electrons. The Morgan fingerprint density at radius 2 is 1.93 bits per heavy atom. The molecule has 1 aromatic rings. The number of rotatable bonds is 2. The summed E-state index contributed by atoms with van der Waals surface area (Å²) in [6.45, 7) is 0. The average molecular weight is 208 g/mol. The molecule has 1 fully saturated rings. The topological polar surface area (TPSA) is 9.23 Å². The van der Waals surface area contributed by atoms with Crippen molar-refractivity contribution in [3.63, 3.8) is 0 Å². The van der Waals surface area contributed by atoms with E-state index in [-0.39, 0.29) is 5.82 Å². The molecule has 1 nitrogen and oxygen atoms in total.